The highest BCUT2D eigenvalue weighted by atomic mass is 16.6. The second-order valence-corrected chi connectivity index (χ2v) is 6.46. The molecule has 1 aliphatic carbocycles. The summed E-state index contributed by atoms with van der Waals surface area (Å²) in [6.45, 7) is 6.66. The van der Waals surface area contributed by atoms with Crippen molar-refractivity contribution in [2.45, 2.75) is 38.8 Å². The van der Waals surface area contributed by atoms with Gasteiger partial charge in [0.05, 0.1) is 6.04 Å². The van der Waals surface area contributed by atoms with Crippen molar-refractivity contribution in [2.75, 3.05) is 13.2 Å². The normalized spacial score (nSPS) is 19.3. The van der Waals surface area contributed by atoms with E-state index in [2.05, 4.69) is 5.32 Å². The van der Waals surface area contributed by atoms with Crippen molar-refractivity contribution in [3.05, 3.63) is 29.3 Å². The van der Waals surface area contributed by atoms with Crippen LogP contribution in [-0.2, 0) is 4.74 Å². The maximum atomic E-state index is 12.0. The third-order valence-electron chi connectivity index (χ3n) is 3.48. The number of alkyl carbamates (subject to hydrolysis) is 1. The van der Waals surface area contributed by atoms with E-state index in [0.717, 1.165) is 29.0 Å². The minimum atomic E-state index is -0.510. The van der Waals surface area contributed by atoms with Crippen LogP contribution < -0.4 is 14.8 Å². The molecular weight excluding hydrogens is 282 g/mol. The molecule has 0 fully saturated rings. The van der Waals surface area contributed by atoms with Crippen LogP contribution in [0.3, 0.4) is 0 Å². The molecule has 3 rings (SSSR count). The van der Waals surface area contributed by atoms with Gasteiger partial charge in [0.2, 0.25) is 0 Å². The van der Waals surface area contributed by atoms with Crippen molar-refractivity contribution in [3.8, 4) is 11.5 Å². The van der Waals surface area contributed by atoms with E-state index in [4.69, 9.17) is 14.2 Å². The number of hydrogen-bond acceptors (Lipinski definition) is 4. The van der Waals surface area contributed by atoms with E-state index in [1.807, 2.05) is 45.1 Å². The molecule has 2 aliphatic rings. The van der Waals surface area contributed by atoms with Gasteiger partial charge in [-0.15, -0.1) is 0 Å². The molecule has 0 saturated carbocycles. The van der Waals surface area contributed by atoms with E-state index in [1.54, 1.807) is 0 Å². The summed E-state index contributed by atoms with van der Waals surface area (Å²) in [5, 5.41) is 2.93. The Kier molecular flexibility index (Phi) is 3.72. The summed E-state index contributed by atoms with van der Waals surface area (Å²) in [5.41, 5.74) is 1.55. The molecule has 1 heterocycles. The number of carbonyl (C=O) groups excluding carboxylic acids is 1. The first-order valence-electron chi connectivity index (χ1n) is 7.52. The lowest BCUT2D eigenvalue weighted by molar-refractivity contribution is 0.0503. The summed E-state index contributed by atoms with van der Waals surface area (Å²) in [6, 6.07) is 3.80. The molecule has 0 saturated heterocycles. The Hall–Kier alpha value is -2.17. The van der Waals surface area contributed by atoms with Gasteiger partial charge in [0.1, 0.15) is 18.8 Å². The second kappa shape index (κ2) is 5.55. The summed E-state index contributed by atoms with van der Waals surface area (Å²) in [7, 11) is 0. The zero-order chi connectivity index (χ0) is 15.7. The fraction of sp³-hybridized carbons (Fsp3) is 0.471. The third kappa shape index (κ3) is 3.18. The van der Waals surface area contributed by atoms with Crippen LogP contribution in [0, 0.1) is 0 Å². The molecular formula is C17H21NO4. The SMILES string of the molecule is CC(C)(C)OC(=O)N[C@H]1CC=Cc2cc3c(cc21)OCCO3. The molecule has 0 unspecified atom stereocenters. The molecule has 1 aliphatic heterocycles. The van der Waals surface area contributed by atoms with Crippen molar-refractivity contribution in [1.82, 2.24) is 5.32 Å². The van der Waals surface area contributed by atoms with Crippen LogP contribution in [0.15, 0.2) is 18.2 Å². The molecule has 5 heteroatoms. The van der Waals surface area contributed by atoms with Crippen LogP contribution in [-0.4, -0.2) is 24.9 Å². The molecule has 118 valence electrons. The molecule has 1 N–H and O–H groups in total. The first-order chi connectivity index (χ1) is 10.4. The van der Waals surface area contributed by atoms with E-state index < -0.39 is 11.7 Å². The molecule has 0 spiro atoms. The van der Waals surface area contributed by atoms with Gasteiger partial charge in [0.25, 0.3) is 0 Å². The van der Waals surface area contributed by atoms with Crippen LogP contribution in [0.2, 0.25) is 0 Å². The highest BCUT2D eigenvalue weighted by Gasteiger charge is 2.25. The fourth-order valence-corrected chi connectivity index (χ4v) is 2.61. The van der Waals surface area contributed by atoms with Crippen LogP contribution in [0.25, 0.3) is 6.08 Å². The van der Waals surface area contributed by atoms with E-state index in [-0.39, 0.29) is 6.04 Å². The Morgan fingerprint density at radius 3 is 2.59 bits per heavy atom. The second-order valence-electron chi connectivity index (χ2n) is 6.46. The number of hydrogen-bond donors (Lipinski definition) is 1. The summed E-state index contributed by atoms with van der Waals surface area (Å²) in [6.07, 6.45) is 4.40. The van der Waals surface area contributed by atoms with Crippen molar-refractivity contribution >= 4 is 12.2 Å². The molecule has 22 heavy (non-hydrogen) atoms. The Morgan fingerprint density at radius 1 is 1.23 bits per heavy atom. The quantitative estimate of drug-likeness (QED) is 0.863. The molecule has 0 radical (unpaired) electrons. The fourth-order valence-electron chi connectivity index (χ4n) is 2.61. The Labute approximate surface area is 130 Å². The van der Waals surface area contributed by atoms with Crippen molar-refractivity contribution in [3.63, 3.8) is 0 Å². The summed E-state index contributed by atoms with van der Waals surface area (Å²) >= 11 is 0. The zero-order valence-electron chi connectivity index (χ0n) is 13.1. The van der Waals surface area contributed by atoms with E-state index in [9.17, 15) is 4.79 Å². The number of carbonyl (C=O) groups is 1. The van der Waals surface area contributed by atoms with E-state index in [1.165, 1.54) is 0 Å². The molecule has 5 nitrogen and oxygen atoms in total. The highest BCUT2D eigenvalue weighted by Crippen LogP contribution is 2.38. The van der Waals surface area contributed by atoms with Crippen LogP contribution in [0.5, 0.6) is 11.5 Å². The van der Waals surface area contributed by atoms with Crippen LogP contribution in [0.1, 0.15) is 44.4 Å². The van der Waals surface area contributed by atoms with E-state index >= 15 is 0 Å². The molecule has 0 bridgehead atoms. The minimum Gasteiger partial charge on any atom is -0.486 e. The largest absolute Gasteiger partial charge is 0.486 e. The first kappa shape index (κ1) is 14.8. The Bertz CT molecular complexity index is 616. The average molecular weight is 303 g/mol. The van der Waals surface area contributed by atoms with Gasteiger partial charge >= 0.3 is 6.09 Å². The number of amides is 1. The van der Waals surface area contributed by atoms with Gasteiger partial charge in [0.15, 0.2) is 11.5 Å². The summed E-state index contributed by atoms with van der Waals surface area (Å²) in [4.78, 5) is 12.0. The van der Waals surface area contributed by atoms with Gasteiger partial charge in [0, 0.05) is 0 Å². The lowest BCUT2D eigenvalue weighted by Gasteiger charge is -2.28. The zero-order valence-corrected chi connectivity index (χ0v) is 13.1. The van der Waals surface area contributed by atoms with Crippen molar-refractivity contribution in [2.24, 2.45) is 0 Å². The summed E-state index contributed by atoms with van der Waals surface area (Å²) in [5.74, 6) is 1.49. The van der Waals surface area contributed by atoms with Crippen molar-refractivity contribution < 1.29 is 19.0 Å². The van der Waals surface area contributed by atoms with Gasteiger partial charge in [-0.2, -0.15) is 0 Å². The van der Waals surface area contributed by atoms with Crippen LogP contribution >= 0.6 is 0 Å². The summed E-state index contributed by atoms with van der Waals surface area (Å²) < 4.78 is 16.6. The number of nitrogens with one attached hydrogen (secondary N) is 1. The Morgan fingerprint density at radius 2 is 1.91 bits per heavy atom. The van der Waals surface area contributed by atoms with Crippen molar-refractivity contribution in [1.29, 1.82) is 0 Å². The van der Waals surface area contributed by atoms with Crippen LogP contribution in [0.4, 0.5) is 4.79 Å². The predicted octanol–water partition coefficient (Wildman–Crippen LogP) is 3.44. The Balaban J connectivity index is 1.82. The minimum absolute atomic E-state index is 0.120. The van der Waals surface area contributed by atoms with Gasteiger partial charge < -0.3 is 19.5 Å². The lowest BCUT2D eigenvalue weighted by Crippen LogP contribution is -2.35. The molecule has 1 aromatic carbocycles. The maximum absolute atomic E-state index is 12.0. The number of fused-ring (bicyclic) bond motifs is 2. The predicted molar refractivity (Wildman–Crippen MR) is 83.2 cm³/mol. The van der Waals surface area contributed by atoms with Gasteiger partial charge in [-0.1, -0.05) is 12.2 Å². The maximum Gasteiger partial charge on any atom is 0.408 e. The topological polar surface area (TPSA) is 56.8 Å². The highest BCUT2D eigenvalue weighted by molar-refractivity contribution is 5.70. The standard InChI is InChI=1S/C17H21NO4/c1-17(2,3)22-16(19)18-13-6-4-5-11-9-14-15(10-12(11)13)21-8-7-20-14/h4-5,9-10,13H,6-8H2,1-3H3,(H,18,19)/t13-/m0/s1. The smallest absolute Gasteiger partial charge is 0.408 e. The third-order valence-corrected chi connectivity index (χ3v) is 3.48. The molecule has 1 atom stereocenters. The lowest BCUT2D eigenvalue weighted by atomic mass is 9.92. The van der Waals surface area contributed by atoms with Gasteiger partial charge in [-0.3, -0.25) is 0 Å². The average Bonchev–Trinajstić information content (AvgIpc) is 2.43. The number of benzene rings is 1. The van der Waals surface area contributed by atoms with Gasteiger partial charge in [-0.05, 0) is 50.5 Å². The molecule has 1 amide bonds. The monoisotopic (exact) mass is 303 g/mol. The van der Waals surface area contributed by atoms with E-state index in [0.29, 0.717) is 13.2 Å². The number of rotatable bonds is 1. The number of ether oxygens (including phenoxy) is 3. The first-order valence-corrected chi connectivity index (χ1v) is 7.52. The van der Waals surface area contributed by atoms with Gasteiger partial charge in [-0.25, -0.2) is 4.79 Å². The molecule has 0 aromatic heterocycles. The molecule has 1 aromatic rings.